The van der Waals surface area contributed by atoms with Crippen LogP contribution in [0.15, 0.2) is 53.7 Å². The molecule has 1 heterocycles. The minimum Gasteiger partial charge on any atom is -0.383 e. The third-order valence-corrected chi connectivity index (χ3v) is 2.43. The number of aliphatic imine (C=N–C) groups is 1. The summed E-state index contributed by atoms with van der Waals surface area (Å²) in [4.78, 5) is 8.69. The van der Waals surface area contributed by atoms with E-state index in [2.05, 4.69) is 9.98 Å². The van der Waals surface area contributed by atoms with Crippen LogP contribution in [-0.2, 0) is 0 Å². The molecule has 0 amide bonds. The van der Waals surface area contributed by atoms with Crippen molar-refractivity contribution in [2.45, 2.75) is 19.1 Å². The molecule has 2 unspecified atom stereocenters. The van der Waals surface area contributed by atoms with Gasteiger partial charge in [-0.2, -0.15) is 0 Å². The molecule has 1 aromatic heterocycles. The van der Waals surface area contributed by atoms with E-state index >= 15 is 0 Å². The normalized spacial score (nSPS) is 23.6. The summed E-state index contributed by atoms with van der Waals surface area (Å²) in [6, 6.07) is 5.71. The van der Waals surface area contributed by atoms with Crippen LogP contribution in [0.5, 0.6) is 0 Å². The fraction of sp³-hybridized carbons (Fsp3) is 0.231. The van der Waals surface area contributed by atoms with Crippen LogP contribution in [0.1, 0.15) is 18.7 Å². The SMILES string of the molecule is CC(/N=C1/C=CC=CC1O)c1ccccn1. The molecule has 0 aliphatic heterocycles. The van der Waals surface area contributed by atoms with Crippen molar-refractivity contribution in [2.24, 2.45) is 4.99 Å². The van der Waals surface area contributed by atoms with Gasteiger partial charge in [0.15, 0.2) is 0 Å². The van der Waals surface area contributed by atoms with Crippen molar-refractivity contribution in [2.75, 3.05) is 0 Å². The van der Waals surface area contributed by atoms with Gasteiger partial charge < -0.3 is 5.11 Å². The van der Waals surface area contributed by atoms with Gasteiger partial charge in [-0.3, -0.25) is 9.98 Å². The number of aliphatic hydroxyl groups excluding tert-OH is 1. The van der Waals surface area contributed by atoms with Crippen LogP contribution in [0.4, 0.5) is 0 Å². The van der Waals surface area contributed by atoms with Gasteiger partial charge in [-0.15, -0.1) is 0 Å². The van der Waals surface area contributed by atoms with Gasteiger partial charge in [0, 0.05) is 6.20 Å². The lowest BCUT2D eigenvalue weighted by molar-refractivity contribution is 0.288. The molecule has 3 heteroatoms. The first-order valence-electron chi connectivity index (χ1n) is 5.29. The Balaban J connectivity index is 2.18. The molecule has 82 valence electrons. The summed E-state index contributed by atoms with van der Waals surface area (Å²) in [5, 5.41) is 9.68. The summed E-state index contributed by atoms with van der Waals surface area (Å²) in [6.07, 6.45) is 8.37. The van der Waals surface area contributed by atoms with Crippen molar-refractivity contribution < 1.29 is 5.11 Å². The molecular formula is C13H14N2O. The number of hydrogen-bond donors (Lipinski definition) is 1. The van der Waals surface area contributed by atoms with Crippen LogP contribution in [0, 0.1) is 0 Å². The predicted octanol–water partition coefficient (Wildman–Crippen LogP) is 2.07. The van der Waals surface area contributed by atoms with Crippen molar-refractivity contribution in [1.82, 2.24) is 4.98 Å². The number of aliphatic hydroxyl groups is 1. The Morgan fingerprint density at radius 3 is 2.94 bits per heavy atom. The zero-order valence-corrected chi connectivity index (χ0v) is 9.12. The average Bonchev–Trinajstić information content (AvgIpc) is 2.33. The second-order valence-corrected chi connectivity index (χ2v) is 3.67. The first-order valence-corrected chi connectivity index (χ1v) is 5.29. The summed E-state index contributed by atoms with van der Waals surface area (Å²) in [7, 11) is 0. The monoisotopic (exact) mass is 214 g/mol. The molecule has 0 radical (unpaired) electrons. The Hall–Kier alpha value is -1.74. The van der Waals surface area contributed by atoms with E-state index in [4.69, 9.17) is 0 Å². The molecule has 1 aromatic rings. The van der Waals surface area contributed by atoms with Crippen molar-refractivity contribution >= 4 is 5.71 Å². The standard InChI is InChI=1S/C13H14N2O/c1-10(11-6-4-5-9-14-11)15-12-7-2-3-8-13(12)16/h2-10,13,16H,1H3/b15-12-. The van der Waals surface area contributed by atoms with E-state index in [-0.39, 0.29) is 6.04 Å². The third kappa shape index (κ3) is 2.44. The highest BCUT2D eigenvalue weighted by Crippen LogP contribution is 2.15. The largest absolute Gasteiger partial charge is 0.383 e. The molecule has 0 spiro atoms. The van der Waals surface area contributed by atoms with Crippen molar-refractivity contribution in [3.63, 3.8) is 0 Å². The van der Waals surface area contributed by atoms with Gasteiger partial charge >= 0.3 is 0 Å². The van der Waals surface area contributed by atoms with Crippen LogP contribution < -0.4 is 0 Å². The van der Waals surface area contributed by atoms with Crippen molar-refractivity contribution in [3.05, 3.63) is 54.4 Å². The first kappa shape index (κ1) is 10.8. The lowest BCUT2D eigenvalue weighted by Crippen LogP contribution is -2.18. The molecule has 1 aliphatic rings. The van der Waals surface area contributed by atoms with Gasteiger partial charge in [0.25, 0.3) is 0 Å². The number of pyridine rings is 1. The predicted molar refractivity (Wildman–Crippen MR) is 64.4 cm³/mol. The van der Waals surface area contributed by atoms with E-state index in [0.717, 1.165) is 5.69 Å². The van der Waals surface area contributed by atoms with E-state index in [9.17, 15) is 5.11 Å². The molecule has 2 atom stereocenters. The first-order chi connectivity index (χ1) is 7.77. The molecule has 0 bridgehead atoms. The maximum Gasteiger partial charge on any atom is 0.114 e. The molecule has 2 rings (SSSR count). The zero-order valence-electron chi connectivity index (χ0n) is 9.12. The summed E-state index contributed by atoms with van der Waals surface area (Å²) < 4.78 is 0. The van der Waals surface area contributed by atoms with E-state index in [1.807, 2.05) is 43.4 Å². The van der Waals surface area contributed by atoms with E-state index in [1.165, 1.54) is 0 Å². The Kier molecular flexibility index (Phi) is 3.27. The highest BCUT2D eigenvalue weighted by Gasteiger charge is 2.11. The highest BCUT2D eigenvalue weighted by molar-refractivity contribution is 6.01. The topological polar surface area (TPSA) is 45.5 Å². The number of aromatic nitrogens is 1. The summed E-state index contributed by atoms with van der Waals surface area (Å²) in [6.45, 7) is 1.97. The van der Waals surface area contributed by atoms with E-state index in [0.29, 0.717) is 5.71 Å². The van der Waals surface area contributed by atoms with E-state index in [1.54, 1.807) is 12.3 Å². The Morgan fingerprint density at radius 2 is 2.25 bits per heavy atom. The number of nitrogens with zero attached hydrogens (tertiary/aromatic N) is 2. The molecule has 0 saturated carbocycles. The summed E-state index contributed by atoms with van der Waals surface area (Å²) in [5.41, 5.74) is 1.59. The van der Waals surface area contributed by atoms with Crippen LogP contribution in [0.25, 0.3) is 0 Å². The molecule has 1 aliphatic carbocycles. The van der Waals surface area contributed by atoms with Crippen LogP contribution in [0.2, 0.25) is 0 Å². The molecule has 0 aromatic carbocycles. The second-order valence-electron chi connectivity index (χ2n) is 3.67. The minimum atomic E-state index is -0.601. The third-order valence-electron chi connectivity index (χ3n) is 2.43. The summed E-state index contributed by atoms with van der Waals surface area (Å²) >= 11 is 0. The van der Waals surface area contributed by atoms with Crippen LogP contribution in [0.3, 0.4) is 0 Å². The molecule has 0 fully saturated rings. The highest BCUT2D eigenvalue weighted by atomic mass is 16.3. The molecular weight excluding hydrogens is 200 g/mol. The average molecular weight is 214 g/mol. The Morgan fingerprint density at radius 1 is 1.38 bits per heavy atom. The molecule has 16 heavy (non-hydrogen) atoms. The number of allylic oxidation sites excluding steroid dienone is 2. The van der Waals surface area contributed by atoms with E-state index < -0.39 is 6.10 Å². The van der Waals surface area contributed by atoms with Gasteiger partial charge in [0.1, 0.15) is 6.10 Å². The maximum atomic E-state index is 9.68. The van der Waals surface area contributed by atoms with Gasteiger partial charge in [-0.05, 0) is 25.1 Å². The van der Waals surface area contributed by atoms with Crippen LogP contribution >= 0.6 is 0 Å². The maximum absolute atomic E-state index is 9.68. The number of rotatable bonds is 2. The summed E-state index contributed by atoms with van der Waals surface area (Å²) in [5.74, 6) is 0. The van der Waals surface area contributed by atoms with Crippen molar-refractivity contribution in [3.8, 4) is 0 Å². The Labute approximate surface area is 94.9 Å². The molecule has 1 N–H and O–H groups in total. The zero-order chi connectivity index (χ0) is 11.4. The molecule has 3 nitrogen and oxygen atoms in total. The fourth-order valence-corrected chi connectivity index (χ4v) is 1.55. The Bertz CT molecular complexity index is 435. The van der Waals surface area contributed by atoms with Gasteiger partial charge in [0.05, 0.1) is 17.4 Å². The molecule has 0 saturated heterocycles. The van der Waals surface area contributed by atoms with Crippen LogP contribution in [-0.4, -0.2) is 21.9 Å². The van der Waals surface area contributed by atoms with Gasteiger partial charge in [-0.25, -0.2) is 0 Å². The minimum absolute atomic E-state index is 0.0398. The number of hydrogen-bond acceptors (Lipinski definition) is 3. The van der Waals surface area contributed by atoms with Gasteiger partial charge in [-0.1, -0.05) is 24.3 Å². The quantitative estimate of drug-likeness (QED) is 0.819. The lowest BCUT2D eigenvalue weighted by Gasteiger charge is -2.12. The smallest absolute Gasteiger partial charge is 0.114 e. The van der Waals surface area contributed by atoms with Crippen molar-refractivity contribution in [1.29, 1.82) is 0 Å². The lowest BCUT2D eigenvalue weighted by atomic mass is 10.1. The fourth-order valence-electron chi connectivity index (χ4n) is 1.55. The van der Waals surface area contributed by atoms with Gasteiger partial charge in [0.2, 0.25) is 0 Å². The second kappa shape index (κ2) is 4.86.